The zero-order valence-corrected chi connectivity index (χ0v) is 13.5. The van der Waals surface area contributed by atoms with Gasteiger partial charge in [-0.05, 0) is 25.0 Å². The summed E-state index contributed by atoms with van der Waals surface area (Å²) in [5.74, 6) is 1.73. The van der Waals surface area contributed by atoms with Crippen LogP contribution < -0.4 is 10.2 Å². The number of nitrogens with zero attached hydrogens (tertiary/aromatic N) is 3. The van der Waals surface area contributed by atoms with Gasteiger partial charge in [-0.2, -0.15) is 4.98 Å². The van der Waals surface area contributed by atoms with E-state index in [0.29, 0.717) is 12.0 Å². The van der Waals surface area contributed by atoms with Crippen molar-refractivity contribution in [1.82, 2.24) is 9.97 Å². The van der Waals surface area contributed by atoms with Crippen molar-refractivity contribution in [2.45, 2.75) is 32.7 Å². The lowest BCUT2D eigenvalue weighted by Crippen LogP contribution is -2.37. The fourth-order valence-electron chi connectivity index (χ4n) is 2.93. The van der Waals surface area contributed by atoms with Crippen molar-refractivity contribution in [2.75, 3.05) is 16.8 Å². The maximum absolute atomic E-state index is 9.56. The van der Waals surface area contributed by atoms with Gasteiger partial charge >= 0.3 is 0 Å². The summed E-state index contributed by atoms with van der Waals surface area (Å²) in [4.78, 5) is 11.4. The molecule has 1 aromatic heterocycles. The highest BCUT2D eigenvalue weighted by Crippen LogP contribution is 2.28. The SMILES string of the molecule is CCC(CC)N1CC=Cc2cnc(Nc3cccc(O)c3)nc21. The summed E-state index contributed by atoms with van der Waals surface area (Å²) in [6.45, 7) is 5.29. The van der Waals surface area contributed by atoms with Crippen LogP contribution in [0.2, 0.25) is 0 Å². The number of hydrogen-bond donors (Lipinski definition) is 2. The number of nitrogens with one attached hydrogen (secondary N) is 1. The number of fused-ring (bicyclic) bond motifs is 1. The molecular formula is C18H22N4O. The number of anilines is 3. The molecule has 5 heteroatoms. The minimum atomic E-state index is 0.217. The lowest BCUT2D eigenvalue weighted by Gasteiger charge is -2.33. The Hall–Kier alpha value is -2.56. The number of aromatic nitrogens is 2. The molecule has 1 aromatic carbocycles. The summed E-state index contributed by atoms with van der Waals surface area (Å²) >= 11 is 0. The van der Waals surface area contributed by atoms with E-state index < -0.39 is 0 Å². The molecule has 0 unspecified atom stereocenters. The first-order chi connectivity index (χ1) is 11.2. The molecule has 1 aliphatic heterocycles. The van der Waals surface area contributed by atoms with Crippen LogP contribution in [0.4, 0.5) is 17.5 Å². The highest BCUT2D eigenvalue weighted by Gasteiger charge is 2.21. The van der Waals surface area contributed by atoms with Crippen LogP contribution in [0, 0.1) is 0 Å². The molecule has 0 atom stereocenters. The summed E-state index contributed by atoms with van der Waals surface area (Å²) < 4.78 is 0. The van der Waals surface area contributed by atoms with Crippen molar-refractivity contribution in [1.29, 1.82) is 0 Å². The van der Waals surface area contributed by atoms with E-state index in [1.165, 1.54) is 0 Å². The zero-order valence-electron chi connectivity index (χ0n) is 13.5. The van der Waals surface area contributed by atoms with E-state index in [1.54, 1.807) is 18.2 Å². The first kappa shape index (κ1) is 15.3. The Bertz CT molecular complexity index is 710. The molecule has 2 aromatic rings. The van der Waals surface area contributed by atoms with Gasteiger partial charge in [-0.3, -0.25) is 0 Å². The Morgan fingerprint density at radius 1 is 1.30 bits per heavy atom. The summed E-state index contributed by atoms with van der Waals surface area (Å²) in [7, 11) is 0. The third-order valence-corrected chi connectivity index (χ3v) is 4.15. The Morgan fingerprint density at radius 2 is 2.13 bits per heavy atom. The third kappa shape index (κ3) is 3.28. The minimum absolute atomic E-state index is 0.217. The molecule has 0 saturated heterocycles. The lowest BCUT2D eigenvalue weighted by atomic mass is 10.1. The first-order valence-corrected chi connectivity index (χ1v) is 8.07. The average molecular weight is 310 g/mol. The van der Waals surface area contributed by atoms with Crippen molar-refractivity contribution < 1.29 is 5.11 Å². The molecule has 2 N–H and O–H groups in total. The van der Waals surface area contributed by atoms with E-state index in [9.17, 15) is 5.11 Å². The normalized spacial score (nSPS) is 13.3. The van der Waals surface area contributed by atoms with E-state index in [1.807, 2.05) is 12.3 Å². The van der Waals surface area contributed by atoms with Crippen LogP contribution >= 0.6 is 0 Å². The van der Waals surface area contributed by atoms with Gasteiger partial charge in [-0.15, -0.1) is 0 Å². The van der Waals surface area contributed by atoms with Gasteiger partial charge in [0.05, 0.1) is 0 Å². The van der Waals surface area contributed by atoms with Gasteiger partial charge in [-0.1, -0.05) is 32.1 Å². The first-order valence-electron chi connectivity index (χ1n) is 8.07. The van der Waals surface area contributed by atoms with Crippen LogP contribution in [-0.2, 0) is 0 Å². The van der Waals surface area contributed by atoms with Crippen LogP contribution in [0.15, 0.2) is 36.5 Å². The standard InChI is InChI=1S/C18H22N4O/c1-3-15(4-2)22-10-6-7-13-12-19-18(21-17(13)22)20-14-8-5-9-16(23)11-14/h5-9,11-12,15,23H,3-4,10H2,1-2H3,(H,19,20,21). The van der Waals surface area contributed by atoms with E-state index in [0.717, 1.165) is 36.5 Å². The van der Waals surface area contributed by atoms with Gasteiger partial charge in [0.15, 0.2) is 0 Å². The van der Waals surface area contributed by atoms with Gasteiger partial charge in [0.25, 0.3) is 0 Å². The predicted molar refractivity (Wildman–Crippen MR) is 94.2 cm³/mol. The van der Waals surface area contributed by atoms with Gasteiger partial charge in [0.1, 0.15) is 11.6 Å². The molecular weight excluding hydrogens is 288 g/mol. The maximum atomic E-state index is 9.56. The van der Waals surface area contributed by atoms with Crippen LogP contribution in [-0.4, -0.2) is 27.7 Å². The van der Waals surface area contributed by atoms with E-state index in [2.05, 4.69) is 41.2 Å². The summed E-state index contributed by atoms with van der Waals surface area (Å²) in [5.41, 5.74) is 1.81. The molecule has 120 valence electrons. The second-order valence-electron chi connectivity index (χ2n) is 5.67. The van der Waals surface area contributed by atoms with Crippen molar-refractivity contribution in [3.63, 3.8) is 0 Å². The van der Waals surface area contributed by atoms with Gasteiger partial charge in [-0.25, -0.2) is 4.98 Å². The molecule has 23 heavy (non-hydrogen) atoms. The smallest absolute Gasteiger partial charge is 0.229 e. The van der Waals surface area contributed by atoms with Gasteiger partial charge in [0, 0.05) is 36.1 Å². The molecule has 0 fully saturated rings. The third-order valence-electron chi connectivity index (χ3n) is 4.15. The quantitative estimate of drug-likeness (QED) is 0.875. The summed E-state index contributed by atoms with van der Waals surface area (Å²) in [5, 5.41) is 12.7. The van der Waals surface area contributed by atoms with Gasteiger partial charge < -0.3 is 15.3 Å². The van der Waals surface area contributed by atoms with Crippen molar-refractivity contribution in [3.8, 4) is 5.75 Å². The lowest BCUT2D eigenvalue weighted by molar-refractivity contribution is 0.475. The zero-order chi connectivity index (χ0) is 16.2. The predicted octanol–water partition coefficient (Wildman–Crippen LogP) is 3.95. The molecule has 1 aliphatic rings. The molecule has 3 rings (SSSR count). The monoisotopic (exact) mass is 310 g/mol. The molecule has 0 spiro atoms. The Balaban J connectivity index is 1.90. The molecule has 0 bridgehead atoms. The second kappa shape index (κ2) is 6.69. The highest BCUT2D eigenvalue weighted by molar-refractivity contribution is 5.69. The molecule has 0 radical (unpaired) electrons. The number of phenols is 1. The van der Waals surface area contributed by atoms with Gasteiger partial charge in [0.2, 0.25) is 5.95 Å². The minimum Gasteiger partial charge on any atom is -0.508 e. The average Bonchev–Trinajstić information content (AvgIpc) is 2.56. The Morgan fingerprint density at radius 3 is 2.87 bits per heavy atom. The fraction of sp³-hybridized carbons (Fsp3) is 0.333. The largest absolute Gasteiger partial charge is 0.508 e. The summed E-state index contributed by atoms with van der Waals surface area (Å²) in [6.07, 6.45) is 8.25. The topological polar surface area (TPSA) is 61.3 Å². The number of phenolic OH excluding ortho intramolecular Hbond substituents is 1. The molecule has 2 heterocycles. The molecule has 5 nitrogen and oxygen atoms in total. The van der Waals surface area contributed by atoms with Crippen molar-refractivity contribution in [3.05, 3.63) is 42.1 Å². The fourth-order valence-corrected chi connectivity index (χ4v) is 2.93. The summed E-state index contributed by atoms with van der Waals surface area (Å²) in [6, 6.07) is 7.43. The van der Waals surface area contributed by atoms with Crippen LogP contribution in [0.1, 0.15) is 32.3 Å². The highest BCUT2D eigenvalue weighted by atomic mass is 16.3. The van der Waals surface area contributed by atoms with Crippen LogP contribution in [0.5, 0.6) is 5.75 Å². The maximum Gasteiger partial charge on any atom is 0.229 e. The van der Waals surface area contributed by atoms with Crippen molar-refractivity contribution in [2.24, 2.45) is 0 Å². The molecule has 0 amide bonds. The van der Waals surface area contributed by atoms with E-state index in [-0.39, 0.29) is 5.75 Å². The molecule has 0 saturated carbocycles. The number of aromatic hydroxyl groups is 1. The Labute approximate surface area is 136 Å². The van der Waals surface area contributed by atoms with Crippen LogP contribution in [0.3, 0.4) is 0 Å². The number of rotatable bonds is 5. The number of hydrogen-bond acceptors (Lipinski definition) is 5. The van der Waals surface area contributed by atoms with E-state index in [4.69, 9.17) is 4.98 Å². The Kier molecular flexibility index (Phi) is 4.46. The van der Waals surface area contributed by atoms with E-state index >= 15 is 0 Å². The molecule has 0 aliphatic carbocycles. The number of benzene rings is 1. The second-order valence-corrected chi connectivity index (χ2v) is 5.67. The van der Waals surface area contributed by atoms with Crippen molar-refractivity contribution >= 4 is 23.5 Å². The van der Waals surface area contributed by atoms with Crippen LogP contribution in [0.25, 0.3) is 6.08 Å².